The van der Waals surface area contributed by atoms with Gasteiger partial charge >= 0.3 is 0 Å². The predicted molar refractivity (Wildman–Crippen MR) is 96.9 cm³/mol. The average Bonchev–Trinajstić information content (AvgIpc) is 2.80. The molecule has 0 aliphatic carbocycles. The molecule has 1 aromatic carbocycles. The molecule has 1 aliphatic heterocycles. The normalized spacial score (nSPS) is 16.0. The van der Waals surface area contributed by atoms with Gasteiger partial charge in [-0.05, 0) is 50.6 Å². The number of imidazole rings is 1. The van der Waals surface area contributed by atoms with Crippen LogP contribution in [0, 0.1) is 5.82 Å². The second-order valence-corrected chi connectivity index (χ2v) is 6.80. The summed E-state index contributed by atoms with van der Waals surface area (Å²) in [4.78, 5) is 21.9. The molecule has 6 heteroatoms. The molecule has 2 heterocycles. The van der Waals surface area contributed by atoms with Crippen LogP contribution in [0.3, 0.4) is 0 Å². The highest BCUT2D eigenvalue weighted by Crippen LogP contribution is 2.14. The molecule has 25 heavy (non-hydrogen) atoms. The number of carbonyl (C=O) groups is 1. The standard InChI is InChI=1S/C19H27FN4O/c20-15-8-9-16-17(14-15)23-18(22-16)6-5-7-19(25)21-10-13-24-11-3-1-2-4-12-24/h8-9,14H,1-7,10-13H2,(H,21,25)(H,22,23). The maximum Gasteiger partial charge on any atom is 0.220 e. The fourth-order valence-corrected chi connectivity index (χ4v) is 3.37. The molecule has 0 unspecified atom stereocenters. The Morgan fingerprint density at radius 2 is 2.04 bits per heavy atom. The van der Waals surface area contributed by atoms with Crippen LogP contribution in [0.5, 0.6) is 0 Å². The van der Waals surface area contributed by atoms with Gasteiger partial charge in [-0.3, -0.25) is 4.79 Å². The molecule has 136 valence electrons. The number of aromatic amines is 1. The van der Waals surface area contributed by atoms with Gasteiger partial charge in [0.15, 0.2) is 0 Å². The third-order valence-electron chi connectivity index (χ3n) is 4.76. The summed E-state index contributed by atoms with van der Waals surface area (Å²) >= 11 is 0. The molecule has 2 N–H and O–H groups in total. The van der Waals surface area contributed by atoms with E-state index < -0.39 is 0 Å². The van der Waals surface area contributed by atoms with Gasteiger partial charge in [-0.1, -0.05) is 12.8 Å². The Kier molecular flexibility index (Phi) is 6.39. The van der Waals surface area contributed by atoms with E-state index in [1.54, 1.807) is 6.07 Å². The Balaban J connectivity index is 1.34. The van der Waals surface area contributed by atoms with Crippen LogP contribution in [-0.2, 0) is 11.2 Å². The SMILES string of the molecule is O=C(CCCc1nc2ccc(F)cc2[nH]1)NCCN1CCCCCC1. The van der Waals surface area contributed by atoms with Gasteiger partial charge in [-0.15, -0.1) is 0 Å². The lowest BCUT2D eigenvalue weighted by molar-refractivity contribution is -0.121. The summed E-state index contributed by atoms with van der Waals surface area (Å²) in [7, 11) is 0. The monoisotopic (exact) mass is 346 g/mol. The second kappa shape index (κ2) is 8.94. The van der Waals surface area contributed by atoms with E-state index in [1.165, 1.54) is 37.8 Å². The number of rotatable bonds is 7. The molecule has 1 aromatic heterocycles. The van der Waals surface area contributed by atoms with Crippen LogP contribution >= 0.6 is 0 Å². The Hall–Kier alpha value is -1.95. The van der Waals surface area contributed by atoms with E-state index in [4.69, 9.17) is 0 Å². The lowest BCUT2D eigenvalue weighted by Gasteiger charge is -2.19. The van der Waals surface area contributed by atoms with Crippen molar-refractivity contribution in [3.63, 3.8) is 0 Å². The molecule has 1 fully saturated rings. The fourth-order valence-electron chi connectivity index (χ4n) is 3.37. The first-order valence-electron chi connectivity index (χ1n) is 9.34. The summed E-state index contributed by atoms with van der Waals surface area (Å²) < 4.78 is 13.2. The van der Waals surface area contributed by atoms with Crippen LogP contribution < -0.4 is 5.32 Å². The quantitative estimate of drug-likeness (QED) is 0.810. The molecule has 0 radical (unpaired) electrons. The number of fused-ring (bicyclic) bond motifs is 1. The third kappa shape index (κ3) is 5.53. The summed E-state index contributed by atoms with van der Waals surface area (Å²) in [6.45, 7) is 3.98. The molecule has 3 rings (SSSR count). The van der Waals surface area contributed by atoms with E-state index in [-0.39, 0.29) is 11.7 Å². The molecule has 0 atom stereocenters. The zero-order valence-electron chi connectivity index (χ0n) is 14.7. The van der Waals surface area contributed by atoms with E-state index in [0.29, 0.717) is 18.4 Å². The van der Waals surface area contributed by atoms with Gasteiger partial charge in [0.2, 0.25) is 5.91 Å². The Morgan fingerprint density at radius 3 is 2.84 bits per heavy atom. The van der Waals surface area contributed by atoms with Gasteiger partial charge in [-0.25, -0.2) is 9.37 Å². The van der Waals surface area contributed by atoms with Crippen LogP contribution in [0.4, 0.5) is 4.39 Å². The highest BCUT2D eigenvalue weighted by molar-refractivity contribution is 5.76. The number of halogens is 1. The van der Waals surface area contributed by atoms with Crippen molar-refractivity contribution in [2.45, 2.75) is 44.9 Å². The number of hydrogen-bond donors (Lipinski definition) is 2. The first-order valence-corrected chi connectivity index (χ1v) is 9.34. The Bertz CT molecular complexity index is 692. The van der Waals surface area contributed by atoms with Crippen molar-refractivity contribution in [2.24, 2.45) is 0 Å². The van der Waals surface area contributed by atoms with E-state index in [1.807, 2.05) is 0 Å². The number of likely N-dealkylation sites (tertiary alicyclic amines) is 1. The first kappa shape index (κ1) is 17.9. The minimum Gasteiger partial charge on any atom is -0.355 e. The minimum atomic E-state index is -0.272. The van der Waals surface area contributed by atoms with Gasteiger partial charge in [0.1, 0.15) is 11.6 Å². The van der Waals surface area contributed by atoms with Crippen molar-refractivity contribution in [1.82, 2.24) is 20.2 Å². The van der Waals surface area contributed by atoms with Crippen LogP contribution in [-0.4, -0.2) is 47.0 Å². The molecular formula is C19H27FN4O. The Morgan fingerprint density at radius 1 is 1.24 bits per heavy atom. The molecule has 0 saturated carbocycles. The first-order chi connectivity index (χ1) is 12.2. The van der Waals surface area contributed by atoms with Gasteiger partial charge in [0, 0.05) is 25.9 Å². The molecule has 1 aliphatic rings. The predicted octanol–water partition coefficient (Wildman–Crippen LogP) is 3.02. The number of benzene rings is 1. The summed E-state index contributed by atoms with van der Waals surface area (Å²) in [5, 5.41) is 3.01. The lowest BCUT2D eigenvalue weighted by atomic mass is 10.2. The molecule has 1 amide bonds. The number of hydrogen-bond acceptors (Lipinski definition) is 3. The van der Waals surface area contributed by atoms with Crippen LogP contribution in [0.2, 0.25) is 0 Å². The number of H-pyrrole nitrogens is 1. The van der Waals surface area contributed by atoms with E-state index >= 15 is 0 Å². The zero-order valence-corrected chi connectivity index (χ0v) is 14.7. The van der Waals surface area contributed by atoms with Gasteiger partial charge < -0.3 is 15.2 Å². The van der Waals surface area contributed by atoms with Crippen molar-refractivity contribution in [3.05, 3.63) is 29.8 Å². The number of aromatic nitrogens is 2. The number of amides is 1. The number of aryl methyl sites for hydroxylation is 1. The summed E-state index contributed by atoms with van der Waals surface area (Å²) in [5.74, 6) is 0.626. The average molecular weight is 346 g/mol. The fraction of sp³-hybridized carbons (Fsp3) is 0.579. The summed E-state index contributed by atoms with van der Waals surface area (Å²) in [6, 6.07) is 4.52. The molecule has 5 nitrogen and oxygen atoms in total. The Labute approximate surface area is 148 Å². The van der Waals surface area contributed by atoms with Gasteiger partial charge in [0.05, 0.1) is 11.0 Å². The van der Waals surface area contributed by atoms with Gasteiger partial charge in [0.25, 0.3) is 0 Å². The second-order valence-electron chi connectivity index (χ2n) is 6.80. The molecular weight excluding hydrogens is 319 g/mol. The maximum atomic E-state index is 13.2. The minimum absolute atomic E-state index is 0.0944. The molecule has 2 aromatic rings. The highest BCUT2D eigenvalue weighted by Gasteiger charge is 2.09. The van der Waals surface area contributed by atoms with Crippen LogP contribution in [0.25, 0.3) is 11.0 Å². The maximum absolute atomic E-state index is 13.2. The van der Waals surface area contributed by atoms with Crippen LogP contribution in [0.1, 0.15) is 44.3 Å². The largest absolute Gasteiger partial charge is 0.355 e. The van der Waals surface area contributed by atoms with Crippen molar-refractivity contribution in [3.8, 4) is 0 Å². The molecule has 1 saturated heterocycles. The van der Waals surface area contributed by atoms with Crippen molar-refractivity contribution in [2.75, 3.05) is 26.2 Å². The molecule has 0 spiro atoms. The van der Waals surface area contributed by atoms with Crippen molar-refractivity contribution in [1.29, 1.82) is 0 Å². The molecule has 0 bridgehead atoms. The van der Waals surface area contributed by atoms with E-state index in [2.05, 4.69) is 20.2 Å². The smallest absolute Gasteiger partial charge is 0.220 e. The number of nitrogens with zero attached hydrogens (tertiary/aromatic N) is 2. The lowest BCUT2D eigenvalue weighted by Crippen LogP contribution is -2.35. The number of nitrogens with one attached hydrogen (secondary N) is 2. The number of carbonyl (C=O) groups excluding carboxylic acids is 1. The zero-order chi connectivity index (χ0) is 17.5. The van der Waals surface area contributed by atoms with Gasteiger partial charge in [-0.2, -0.15) is 0 Å². The topological polar surface area (TPSA) is 61.0 Å². The summed E-state index contributed by atoms with van der Waals surface area (Å²) in [5.41, 5.74) is 1.47. The van der Waals surface area contributed by atoms with E-state index in [9.17, 15) is 9.18 Å². The highest BCUT2D eigenvalue weighted by atomic mass is 19.1. The van der Waals surface area contributed by atoms with Crippen LogP contribution in [0.15, 0.2) is 18.2 Å². The summed E-state index contributed by atoms with van der Waals surface area (Å²) in [6.07, 6.45) is 7.12. The van der Waals surface area contributed by atoms with E-state index in [0.717, 1.165) is 43.9 Å². The van der Waals surface area contributed by atoms with Crippen molar-refractivity contribution >= 4 is 16.9 Å². The third-order valence-corrected chi connectivity index (χ3v) is 4.76. The van der Waals surface area contributed by atoms with Crippen molar-refractivity contribution < 1.29 is 9.18 Å².